The molecule has 6 nitrogen and oxygen atoms in total. The van der Waals surface area contributed by atoms with Crippen molar-refractivity contribution in [3.05, 3.63) is 24.3 Å². The van der Waals surface area contributed by atoms with Crippen molar-refractivity contribution in [2.75, 3.05) is 13.2 Å². The molecule has 0 aromatic carbocycles. The molecular weight excluding hydrogens is 1050 g/mol. The van der Waals surface area contributed by atoms with Gasteiger partial charge in [0.1, 0.15) is 0 Å². The summed E-state index contributed by atoms with van der Waals surface area (Å²) in [5, 5.41) is 23.2. The van der Waals surface area contributed by atoms with Gasteiger partial charge in [-0.1, -0.05) is 404 Å². The van der Waals surface area contributed by atoms with Crippen LogP contribution >= 0.6 is 0 Å². The van der Waals surface area contributed by atoms with E-state index >= 15 is 0 Å². The van der Waals surface area contributed by atoms with Crippen molar-refractivity contribution in [2.24, 2.45) is 0 Å². The van der Waals surface area contributed by atoms with Crippen LogP contribution in [-0.4, -0.2) is 47.4 Å². The molecule has 0 aromatic rings. The molecule has 0 radical (unpaired) electrons. The Labute approximate surface area is 539 Å². The Bertz CT molecular complexity index is 1350. The van der Waals surface area contributed by atoms with Crippen LogP contribution in [0.2, 0.25) is 0 Å². The molecule has 2 unspecified atom stereocenters. The van der Waals surface area contributed by atoms with Crippen LogP contribution in [0.4, 0.5) is 0 Å². The number of esters is 1. The van der Waals surface area contributed by atoms with Gasteiger partial charge in [0.25, 0.3) is 0 Å². The van der Waals surface area contributed by atoms with Gasteiger partial charge in [-0.15, -0.1) is 0 Å². The van der Waals surface area contributed by atoms with Gasteiger partial charge in [0, 0.05) is 12.8 Å². The molecule has 0 fully saturated rings. The van der Waals surface area contributed by atoms with Crippen LogP contribution < -0.4 is 5.32 Å². The molecule has 510 valence electrons. The summed E-state index contributed by atoms with van der Waals surface area (Å²) in [6.45, 7) is 4.95. The average molecular weight is 1210 g/mol. The standard InChI is InChI=1S/C80H155NO5/c1-3-5-7-9-11-13-15-17-19-21-41-44-48-52-56-60-64-68-72-78(83)77(76-82)81-79(84)73-69-65-61-57-53-49-45-42-39-37-35-33-31-29-27-25-23-22-24-26-28-30-32-34-36-38-40-43-47-51-55-59-63-67-71-75-86-80(85)74-70-66-62-58-54-50-46-20-18-16-14-12-10-8-6-4-2/h20,46,68,72,77-78,82-83H,3-19,21-45,47-67,69-71,73-76H2,1-2H3,(H,81,84)/b46-20-,72-68+. The zero-order chi connectivity index (χ0) is 62.0. The third kappa shape index (κ3) is 71.4. The number of rotatable bonds is 75. The number of allylic oxidation sites excluding steroid dienone is 3. The third-order valence-corrected chi connectivity index (χ3v) is 18.7. The van der Waals surface area contributed by atoms with Crippen molar-refractivity contribution in [3.63, 3.8) is 0 Å². The number of aliphatic hydroxyl groups is 2. The van der Waals surface area contributed by atoms with E-state index in [1.807, 2.05) is 6.08 Å². The van der Waals surface area contributed by atoms with Crippen molar-refractivity contribution in [2.45, 2.75) is 463 Å². The Morgan fingerprint density at radius 1 is 0.314 bits per heavy atom. The molecule has 0 saturated carbocycles. The van der Waals surface area contributed by atoms with Gasteiger partial charge in [0.15, 0.2) is 0 Å². The first-order valence-corrected chi connectivity index (χ1v) is 39.6. The molecule has 0 aliphatic rings. The Morgan fingerprint density at radius 3 is 0.826 bits per heavy atom. The van der Waals surface area contributed by atoms with Crippen LogP contribution in [0.15, 0.2) is 24.3 Å². The molecule has 1 amide bonds. The predicted molar refractivity (Wildman–Crippen MR) is 380 cm³/mol. The summed E-state index contributed by atoms with van der Waals surface area (Å²) in [5.41, 5.74) is 0. The number of aliphatic hydroxyl groups excluding tert-OH is 2. The van der Waals surface area contributed by atoms with Crippen molar-refractivity contribution in [1.82, 2.24) is 5.32 Å². The lowest BCUT2D eigenvalue weighted by molar-refractivity contribution is -0.143. The highest BCUT2D eigenvalue weighted by atomic mass is 16.5. The van der Waals surface area contributed by atoms with Crippen LogP contribution in [0.5, 0.6) is 0 Å². The summed E-state index contributed by atoms with van der Waals surface area (Å²) in [4.78, 5) is 24.6. The number of nitrogens with one attached hydrogen (secondary N) is 1. The van der Waals surface area contributed by atoms with Crippen LogP contribution in [0.1, 0.15) is 450 Å². The second-order valence-electron chi connectivity index (χ2n) is 27.4. The van der Waals surface area contributed by atoms with E-state index in [1.165, 1.54) is 379 Å². The van der Waals surface area contributed by atoms with Gasteiger partial charge >= 0.3 is 5.97 Å². The number of carbonyl (C=O) groups excluding carboxylic acids is 2. The molecule has 0 heterocycles. The van der Waals surface area contributed by atoms with Gasteiger partial charge in [-0.3, -0.25) is 9.59 Å². The van der Waals surface area contributed by atoms with E-state index in [4.69, 9.17) is 4.74 Å². The van der Waals surface area contributed by atoms with Gasteiger partial charge in [-0.25, -0.2) is 0 Å². The van der Waals surface area contributed by atoms with Gasteiger partial charge in [0.05, 0.1) is 25.4 Å². The molecule has 86 heavy (non-hydrogen) atoms. The molecule has 0 aliphatic heterocycles. The van der Waals surface area contributed by atoms with Crippen molar-refractivity contribution >= 4 is 11.9 Å². The van der Waals surface area contributed by atoms with Gasteiger partial charge in [-0.2, -0.15) is 0 Å². The maximum absolute atomic E-state index is 12.5. The Morgan fingerprint density at radius 2 is 0.547 bits per heavy atom. The maximum atomic E-state index is 12.5. The van der Waals surface area contributed by atoms with E-state index in [2.05, 4.69) is 31.3 Å². The highest BCUT2D eigenvalue weighted by Crippen LogP contribution is 2.20. The summed E-state index contributed by atoms with van der Waals surface area (Å²) >= 11 is 0. The lowest BCUT2D eigenvalue weighted by Gasteiger charge is -2.20. The molecule has 0 saturated heterocycles. The second-order valence-corrected chi connectivity index (χ2v) is 27.4. The van der Waals surface area contributed by atoms with E-state index in [0.717, 1.165) is 44.9 Å². The molecule has 6 heteroatoms. The maximum Gasteiger partial charge on any atom is 0.305 e. The van der Waals surface area contributed by atoms with E-state index < -0.39 is 12.1 Å². The molecular formula is C80H155NO5. The minimum atomic E-state index is -0.841. The second kappa shape index (κ2) is 75.8. The van der Waals surface area contributed by atoms with E-state index in [1.54, 1.807) is 6.08 Å². The normalized spacial score (nSPS) is 12.6. The Hall–Kier alpha value is -1.66. The number of hydrogen-bond acceptors (Lipinski definition) is 5. The molecule has 3 N–H and O–H groups in total. The minimum Gasteiger partial charge on any atom is -0.466 e. The predicted octanol–water partition coefficient (Wildman–Crippen LogP) is 26.0. The van der Waals surface area contributed by atoms with E-state index in [9.17, 15) is 19.8 Å². The number of unbranched alkanes of at least 4 members (excludes halogenated alkanes) is 62. The van der Waals surface area contributed by atoms with Crippen LogP contribution in [-0.2, 0) is 14.3 Å². The molecule has 0 rings (SSSR count). The average Bonchev–Trinajstić information content (AvgIpc) is 3.54. The van der Waals surface area contributed by atoms with Crippen LogP contribution in [0.25, 0.3) is 0 Å². The smallest absolute Gasteiger partial charge is 0.305 e. The molecule has 0 aliphatic carbocycles. The minimum absolute atomic E-state index is 0.0159. The lowest BCUT2D eigenvalue weighted by Crippen LogP contribution is -2.45. The molecule has 2 atom stereocenters. The van der Waals surface area contributed by atoms with Gasteiger partial charge < -0.3 is 20.3 Å². The summed E-state index contributed by atoms with van der Waals surface area (Å²) in [5.74, 6) is -0.0427. The first kappa shape index (κ1) is 84.3. The Balaban J connectivity index is 3.32. The largest absolute Gasteiger partial charge is 0.466 e. The lowest BCUT2D eigenvalue weighted by atomic mass is 10.0. The first-order valence-electron chi connectivity index (χ1n) is 39.6. The topological polar surface area (TPSA) is 95.9 Å². The molecule has 0 aromatic heterocycles. The molecule has 0 spiro atoms. The van der Waals surface area contributed by atoms with E-state index in [0.29, 0.717) is 19.4 Å². The zero-order valence-corrected chi connectivity index (χ0v) is 58.6. The summed E-state index contributed by atoms with van der Waals surface area (Å²) in [7, 11) is 0. The van der Waals surface area contributed by atoms with Crippen molar-refractivity contribution in [3.8, 4) is 0 Å². The Kier molecular flexibility index (Phi) is 74.3. The van der Waals surface area contributed by atoms with Gasteiger partial charge in [0.2, 0.25) is 5.91 Å². The van der Waals surface area contributed by atoms with Crippen molar-refractivity contribution in [1.29, 1.82) is 0 Å². The summed E-state index contributed by atoms with van der Waals surface area (Å²) in [6, 6.07) is -0.624. The zero-order valence-electron chi connectivity index (χ0n) is 58.6. The van der Waals surface area contributed by atoms with Crippen molar-refractivity contribution < 1.29 is 24.5 Å². The van der Waals surface area contributed by atoms with Gasteiger partial charge in [-0.05, 0) is 57.8 Å². The monoisotopic (exact) mass is 1210 g/mol. The highest BCUT2D eigenvalue weighted by molar-refractivity contribution is 5.76. The first-order chi connectivity index (χ1) is 42.5. The number of amides is 1. The number of ether oxygens (including phenoxy) is 1. The number of hydrogen-bond donors (Lipinski definition) is 3. The summed E-state index contributed by atoms with van der Waals surface area (Å²) in [6.07, 6.45) is 97.3. The number of carbonyl (C=O) groups is 2. The fourth-order valence-corrected chi connectivity index (χ4v) is 12.7. The van der Waals surface area contributed by atoms with Crippen LogP contribution in [0, 0.1) is 0 Å². The molecule has 0 bridgehead atoms. The SMILES string of the molecule is CCCCCCCCC/C=C\CCCCCCCC(=O)OCCCCCCCCCCCCCCCCCCCCCCCCCCCCCCCCCCCCCC(=O)NC(CO)C(O)/C=C/CCCCCCCCCCCCCCCCCC. The van der Waals surface area contributed by atoms with E-state index in [-0.39, 0.29) is 18.5 Å². The highest BCUT2D eigenvalue weighted by Gasteiger charge is 2.18. The summed E-state index contributed by atoms with van der Waals surface area (Å²) < 4.78 is 5.50. The van der Waals surface area contributed by atoms with Crippen LogP contribution in [0.3, 0.4) is 0 Å². The quantitative estimate of drug-likeness (QED) is 0.0320. The third-order valence-electron chi connectivity index (χ3n) is 18.7. The fourth-order valence-electron chi connectivity index (χ4n) is 12.7. The fraction of sp³-hybridized carbons (Fsp3) is 0.925.